The van der Waals surface area contributed by atoms with E-state index in [0.717, 1.165) is 11.3 Å². The molecule has 0 saturated heterocycles. The van der Waals surface area contributed by atoms with E-state index in [1.807, 2.05) is 18.2 Å². The summed E-state index contributed by atoms with van der Waals surface area (Å²) < 4.78 is 16.7. The van der Waals surface area contributed by atoms with Crippen molar-refractivity contribution in [2.75, 3.05) is 26.4 Å². The topological polar surface area (TPSA) is 73.9 Å². The molecule has 0 radical (unpaired) electrons. The number of ether oxygens (including phenoxy) is 3. The van der Waals surface area contributed by atoms with Crippen molar-refractivity contribution in [1.29, 1.82) is 0 Å². The third-order valence-corrected chi connectivity index (χ3v) is 4.65. The van der Waals surface area contributed by atoms with Crippen LogP contribution in [0.4, 0.5) is 0 Å². The zero-order valence-electron chi connectivity index (χ0n) is 14.3. The highest BCUT2D eigenvalue weighted by atomic mass is 79.9. The summed E-state index contributed by atoms with van der Waals surface area (Å²) in [4.78, 5) is 23.9. The molecule has 0 fully saturated rings. The van der Waals surface area contributed by atoms with Crippen LogP contribution in [-0.2, 0) is 16.0 Å². The average molecular weight is 455 g/mol. The second-order valence-corrected chi connectivity index (χ2v) is 7.10. The Labute approximate surface area is 169 Å². The molecule has 1 amide bonds. The van der Waals surface area contributed by atoms with E-state index in [0.29, 0.717) is 36.4 Å². The highest BCUT2D eigenvalue weighted by Crippen LogP contribution is 2.30. The average Bonchev–Trinajstić information content (AvgIpc) is 2.68. The van der Waals surface area contributed by atoms with E-state index in [2.05, 4.69) is 21.2 Å². The third kappa shape index (κ3) is 5.37. The van der Waals surface area contributed by atoms with Crippen molar-refractivity contribution in [2.45, 2.75) is 6.42 Å². The molecule has 0 aliphatic carbocycles. The minimum absolute atomic E-state index is 0.204. The van der Waals surface area contributed by atoms with Gasteiger partial charge in [-0.2, -0.15) is 0 Å². The lowest BCUT2D eigenvalue weighted by Crippen LogP contribution is -2.30. The van der Waals surface area contributed by atoms with Crippen molar-refractivity contribution in [1.82, 2.24) is 5.32 Å². The summed E-state index contributed by atoms with van der Waals surface area (Å²) >= 11 is 9.23. The lowest BCUT2D eigenvalue weighted by atomic mass is 10.1. The molecular weight excluding hydrogens is 438 g/mol. The van der Waals surface area contributed by atoms with Crippen LogP contribution in [0.3, 0.4) is 0 Å². The van der Waals surface area contributed by atoms with Gasteiger partial charge in [-0.05, 0) is 42.3 Å². The first-order valence-electron chi connectivity index (χ1n) is 8.30. The van der Waals surface area contributed by atoms with Gasteiger partial charge in [0.15, 0.2) is 18.1 Å². The number of esters is 1. The van der Waals surface area contributed by atoms with E-state index in [-0.39, 0.29) is 23.1 Å². The number of carbonyl (C=O) groups is 2. The van der Waals surface area contributed by atoms with Gasteiger partial charge in [0, 0.05) is 11.0 Å². The van der Waals surface area contributed by atoms with Gasteiger partial charge in [-0.1, -0.05) is 33.6 Å². The largest absolute Gasteiger partial charge is 0.486 e. The Morgan fingerprint density at radius 1 is 1.11 bits per heavy atom. The molecule has 0 aromatic heterocycles. The van der Waals surface area contributed by atoms with E-state index >= 15 is 0 Å². The molecule has 0 atom stereocenters. The fourth-order valence-corrected chi connectivity index (χ4v) is 3.06. The standard InChI is InChI=1S/C19H17BrClNO5/c20-13-2-3-15(21)14(10-13)19(24)27-11-18(23)22-6-5-12-1-4-16-17(9-12)26-8-7-25-16/h1-4,9-10H,5-8,11H2,(H,22,23). The van der Waals surface area contributed by atoms with Crippen molar-refractivity contribution in [3.8, 4) is 11.5 Å². The van der Waals surface area contributed by atoms with E-state index in [9.17, 15) is 9.59 Å². The molecule has 2 aromatic carbocycles. The van der Waals surface area contributed by atoms with E-state index < -0.39 is 5.97 Å². The zero-order valence-corrected chi connectivity index (χ0v) is 16.6. The molecule has 0 spiro atoms. The highest BCUT2D eigenvalue weighted by molar-refractivity contribution is 9.10. The third-order valence-electron chi connectivity index (χ3n) is 3.83. The molecule has 1 aliphatic rings. The predicted octanol–water partition coefficient (Wildman–Crippen LogP) is 3.39. The number of hydrogen-bond donors (Lipinski definition) is 1. The lowest BCUT2D eigenvalue weighted by molar-refractivity contribution is -0.124. The van der Waals surface area contributed by atoms with Crippen LogP contribution >= 0.6 is 27.5 Å². The van der Waals surface area contributed by atoms with Gasteiger partial charge < -0.3 is 19.5 Å². The summed E-state index contributed by atoms with van der Waals surface area (Å²) in [7, 11) is 0. The smallest absolute Gasteiger partial charge is 0.340 e. The van der Waals surface area contributed by atoms with Crippen molar-refractivity contribution in [3.05, 3.63) is 57.0 Å². The second-order valence-electron chi connectivity index (χ2n) is 5.78. The van der Waals surface area contributed by atoms with Crippen molar-refractivity contribution in [3.63, 3.8) is 0 Å². The van der Waals surface area contributed by atoms with Crippen molar-refractivity contribution < 1.29 is 23.8 Å². The number of hydrogen-bond acceptors (Lipinski definition) is 5. The summed E-state index contributed by atoms with van der Waals surface area (Å²) in [5.41, 5.74) is 1.22. The van der Waals surface area contributed by atoms with Crippen LogP contribution < -0.4 is 14.8 Å². The maximum Gasteiger partial charge on any atom is 0.340 e. The lowest BCUT2D eigenvalue weighted by Gasteiger charge is -2.18. The van der Waals surface area contributed by atoms with Gasteiger partial charge in [-0.15, -0.1) is 0 Å². The molecule has 142 valence electrons. The Bertz CT molecular complexity index is 858. The molecule has 8 heteroatoms. The van der Waals surface area contributed by atoms with Gasteiger partial charge in [0.25, 0.3) is 5.91 Å². The fraction of sp³-hybridized carbons (Fsp3) is 0.263. The monoisotopic (exact) mass is 453 g/mol. The first kappa shape index (κ1) is 19.5. The number of carbonyl (C=O) groups excluding carboxylic acids is 2. The Kier molecular flexibility index (Phi) is 6.58. The van der Waals surface area contributed by atoms with Crippen LogP contribution in [0.25, 0.3) is 0 Å². The number of benzene rings is 2. The molecule has 0 bridgehead atoms. The maximum absolute atomic E-state index is 12.0. The van der Waals surface area contributed by atoms with Crippen LogP contribution in [0.15, 0.2) is 40.9 Å². The Hall–Kier alpha value is -2.25. The highest BCUT2D eigenvalue weighted by Gasteiger charge is 2.15. The quantitative estimate of drug-likeness (QED) is 0.677. The Morgan fingerprint density at radius 3 is 2.70 bits per heavy atom. The van der Waals surface area contributed by atoms with Crippen LogP contribution in [0.1, 0.15) is 15.9 Å². The normalized spacial score (nSPS) is 12.4. The fourth-order valence-electron chi connectivity index (χ4n) is 2.50. The summed E-state index contributed by atoms with van der Waals surface area (Å²) in [5.74, 6) is 0.410. The second kappa shape index (κ2) is 9.10. The molecule has 3 rings (SSSR count). The van der Waals surface area contributed by atoms with Crippen LogP contribution in [0.5, 0.6) is 11.5 Å². The number of halogens is 2. The molecule has 1 N–H and O–H groups in total. The zero-order chi connectivity index (χ0) is 19.2. The van der Waals surface area contributed by atoms with Crippen molar-refractivity contribution in [2.24, 2.45) is 0 Å². The molecule has 0 saturated carbocycles. The molecule has 6 nitrogen and oxygen atoms in total. The summed E-state index contributed by atoms with van der Waals surface area (Å²) in [6.45, 7) is 1.11. The molecule has 0 unspecified atom stereocenters. The predicted molar refractivity (Wildman–Crippen MR) is 104 cm³/mol. The number of rotatable bonds is 6. The molecule has 2 aromatic rings. The van der Waals surface area contributed by atoms with Gasteiger partial charge in [-0.25, -0.2) is 4.79 Å². The van der Waals surface area contributed by atoms with Crippen LogP contribution in [0, 0.1) is 0 Å². The van der Waals surface area contributed by atoms with Gasteiger partial charge in [0.1, 0.15) is 13.2 Å². The maximum atomic E-state index is 12.0. The summed E-state index contributed by atoms with van der Waals surface area (Å²) in [6.07, 6.45) is 0.619. The minimum atomic E-state index is -0.650. The Morgan fingerprint density at radius 2 is 1.89 bits per heavy atom. The van der Waals surface area contributed by atoms with E-state index in [1.165, 1.54) is 0 Å². The number of fused-ring (bicyclic) bond motifs is 1. The summed E-state index contributed by atoms with van der Waals surface area (Å²) in [5, 5.41) is 2.98. The van der Waals surface area contributed by atoms with Crippen LogP contribution in [0.2, 0.25) is 5.02 Å². The molecule has 1 heterocycles. The van der Waals surface area contributed by atoms with Gasteiger partial charge in [-0.3, -0.25) is 4.79 Å². The molecular formula is C19H17BrClNO5. The SMILES string of the molecule is O=C(COC(=O)c1cc(Br)ccc1Cl)NCCc1ccc2c(c1)OCCO2. The summed E-state index contributed by atoms with van der Waals surface area (Å²) in [6, 6.07) is 10.5. The first-order chi connectivity index (χ1) is 13.0. The molecule has 1 aliphatic heterocycles. The van der Waals surface area contributed by atoms with Gasteiger partial charge in [0.2, 0.25) is 0 Å². The number of nitrogens with one attached hydrogen (secondary N) is 1. The van der Waals surface area contributed by atoms with E-state index in [4.69, 9.17) is 25.8 Å². The van der Waals surface area contributed by atoms with Gasteiger partial charge >= 0.3 is 5.97 Å². The van der Waals surface area contributed by atoms with Crippen molar-refractivity contribution >= 4 is 39.4 Å². The van der Waals surface area contributed by atoms with Crippen LogP contribution in [-0.4, -0.2) is 38.2 Å². The van der Waals surface area contributed by atoms with E-state index in [1.54, 1.807) is 18.2 Å². The Balaban J connectivity index is 1.43. The number of amides is 1. The first-order valence-corrected chi connectivity index (χ1v) is 9.47. The molecule has 27 heavy (non-hydrogen) atoms. The van der Waals surface area contributed by atoms with Gasteiger partial charge in [0.05, 0.1) is 10.6 Å². The minimum Gasteiger partial charge on any atom is -0.486 e.